The van der Waals surface area contributed by atoms with Gasteiger partial charge in [0.15, 0.2) is 0 Å². The molecule has 2 rings (SSSR count). The molecular weight excluding hydrogens is 234 g/mol. The molecule has 1 N–H and O–H groups in total. The molecule has 0 radical (unpaired) electrons. The van der Waals surface area contributed by atoms with Crippen molar-refractivity contribution in [3.63, 3.8) is 0 Å². The predicted molar refractivity (Wildman–Crippen MR) is 71.4 cm³/mol. The molecule has 1 aromatic heterocycles. The Kier molecular flexibility index (Phi) is 4.46. The Balaban J connectivity index is 1.71. The fourth-order valence-electron chi connectivity index (χ4n) is 2.49. The quantitative estimate of drug-likeness (QED) is 0.896. The number of hydrogen-bond acceptors (Lipinski definition) is 2. The molecule has 0 saturated heterocycles. The van der Waals surface area contributed by atoms with E-state index in [2.05, 4.69) is 17.3 Å². The highest BCUT2D eigenvalue weighted by molar-refractivity contribution is 6.31. The molecule has 1 aliphatic carbocycles. The smallest absolute Gasteiger partial charge is 0.0814 e. The summed E-state index contributed by atoms with van der Waals surface area (Å²) in [6.07, 6.45) is 7.09. The van der Waals surface area contributed by atoms with Crippen molar-refractivity contribution in [1.82, 2.24) is 15.1 Å². The maximum atomic E-state index is 5.97. The van der Waals surface area contributed by atoms with Gasteiger partial charge in [0.1, 0.15) is 0 Å². The summed E-state index contributed by atoms with van der Waals surface area (Å²) >= 11 is 5.97. The summed E-state index contributed by atoms with van der Waals surface area (Å²) in [6, 6.07) is 0.706. The van der Waals surface area contributed by atoms with Gasteiger partial charge in [-0.05, 0) is 38.5 Å². The normalized spacial score (nSPS) is 25.1. The third-order valence-corrected chi connectivity index (χ3v) is 4.19. The molecule has 1 heterocycles. The lowest BCUT2D eigenvalue weighted by molar-refractivity contribution is 0.303. The van der Waals surface area contributed by atoms with Crippen molar-refractivity contribution >= 4 is 11.6 Å². The number of hydrogen-bond donors (Lipinski definition) is 1. The van der Waals surface area contributed by atoms with Crippen molar-refractivity contribution in [2.75, 3.05) is 6.54 Å². The number of nitrogens with one attached hydrogen (secondary N) is 1. The predicted octanol–water partition coefficient (Wildman–Crippen LogP) is 3.01. The van der Waals surface area contributed by atoms with Crippen LogP contribution in [-0.4, -0.2) is 22.4 Å². The highest BCUT2D eigenvalue weighted by Crippen LogP contribution is 2.23. The van der Waals surface area contributed by atoms with Crippen LogP contribution in [0.2, 0.25) is 5.02 Å². The van der Waals surface area contributed by atoms with Gasteiger partial charge in [0.25, 0.3) is 0 Å². The molecule has 0 aromatic carbocycles. The van der Waals surface area contributed by atoms with E-state index in [0.717, 1.165) is 29.7 Å². The van der Waals surface area contributed by atoms with Crippen LogP contribution in [0.5, 0.6) is 0 Å². The molecule has 0 aliphatic heterocycles. The van der Waals surface area contributed by atoms with Crippen molar-refractivity contribution in [3.8, 4) is 0 Å². The van der Waals surface area contributed by atoms with Crippen LogP contribution in [0.25, 0.3) is 0 Å². The van der Waals surface area contributed by atoms with Crippen molar-refractivity contribution < 1.29 is 0 Å². The first-order valence-electron chi connectivity index (χ1n) is 6.58. The van der Waals surface area contributed by atoms with Crippen molar-refractivity contribution in [1.29, 1.82) is 0 Å². The summed E-state index contributed by atoms with van der Waals surface area (Å²) in [5.74, 6) is 0.917. The minimum atomic E-state index is 0.706. The maximum absolute atomic E-state index is 5.97. The number of nitrogens with zero attached hydrogens (tertiary/aromatic N) is 2. The van der Waals surface area contributed by atoms with E-state index in [1.807, 2.05) is 11.6 Å². The molecule has 0 unspecified atom stereocenters. The van der Waals surface area contributed by atoms with Crippen molar-refractivity contribution in [2.45, 2.75) is 52.1 Å². The van der Waals surface area contributed by atoms with E-state index >= 15 is 0 Å². The van der Waals surface area contributed by atoms with Crippen LogP contribution >= 0.6 is 11.6 Å². The van der Waals surface area contributed by atoms with Crippen LogP contribution in [-0.2, 0) is 6.54 Å². The summed E-state index contributed by atoms with van der Waals surface area (Å²) in [4.78, 5) is 0. The summed E-state index contributed by atoms with van der Waals surface area (Å²) in [5.41, 5.74) is 1.06. The van der Waals surface area contributed by atoms with E-state index in [1.165, 1.54) is 25.7 Å². The van der Waals surface area contributed by atoms with E-state index in [4.69, 9.17) is 11.6 Å². The van der Waals surface area contributed by atoms with Gasteiger partial charge in [-0.15, -0.1) is 0 Å². The standard InChI is InChI=1S/C13H22ClN3/c1-10-3-5-12(6-4-10)15-7-8-17-11(2)13(14)9-16-17/h9-10,12,15H,3-8H2,1-2H3. The molecule has 3 nitrogen and oxygen atoms in total. The minimum Gasteiger partial charge on any atom is -0.312 e. The van der Waals surface area contributed by atoms with Gasteiger partial charge < -0.3 is 5.32 Å². The van der Waals surface area contributed by atoms with Gasteiger partial charge in [-0.1, -0.05) is 18.5 Å². The Labute approximate surface area is 109 Å². The Morgan fingerprint density at radius 2 is 2.12 bits per heavy atom. The van der Waals surface area contributed by atoms with Gasteiger partial charge in [0.2, 0.25) is 0 Å². The van der Waals surface area contributed by atoms with E-state index in [0.29, 0.717) is 6.04 Å². The minimum absolute atomic E-state index is 0.706. The van der Waals surface area contributed by atoms with Gasteiger partial charge in [-0.2, -0.15) is 5.10 Å². The Morgan fingerprint density at radius 1 is 1.41 bits per heavy atom. The number of aromatic nitrogens is 2. The summed E-state index contributed by atoms with van der Waals surface area (Å²) in [7, 11) is 0. The molecule has 0 atom stereocenters. The summed E-state index contributed by atoms with van der Waals surface area (Å²) < 4.78 is 1.97. The van der Waals surface area contributed by atoms with Crippen molar-refractivity contribution in [2.24, 2.45) is 5.92 Å². The van der Waals surface area contributed by atoms with Gasteiger partial charge in [0, 0.05) is 12.6 Å². The molecule has 17 heavy (non-hydrogen) atoms. The number of rotatable bonds is 4. The van der Waals surface area contributed by atoms with Crippen LogP contribution in [0, 0.1) is 12.8 Å². The van der Waals surface area contributed by atoms with Crippen molar-refractivity contribution in [3.05, 3.63) is 16.9 Å². The highest BCUT2D eigenvalue weighted by atomic mass is 35.5. The lowest BCUT2D eigenvalue weighted by Crippen LogP contribution is -2.35. The largest absolute Gasteiger partial charge is 0.312 e. The first kappa shape index (κ1) is 12.9. The van der Waals surface area contributed by atoms with E-state index in [9.17, 15) is 0 Å². The first-order valence-corrected chi connectivity index (χ1v) is 6.96. The average molecular weight is 256 g/mol. The third-order valence-electron chi connectivity index (χ3n) is 3.82. The second-order valence-electron chi connectivity index (χ2n) is 5.21. The monoisotopic (exact) mass is 255 g/mol. The zero-order valence-corrected chi connectivity index (χ0v) is 11.5. The van der Waals surface area contributed by atoms with Gasteiger partial charge in [0.05, 0.1) is 23.5 Å². The van der Waals surface area contributed by atoms with Gasteiger partial charge in [-0.3, -0.25) is 4.68 Å². The summed E-state index contributed by atoms with van der Waals surface area (Å²) in [6.45, 7) is 6.26. The SMILES string of the molecule is Cc1c(Cl)cnn1CCNC1CCC(C)CC1. The molecule has 1 saturated carbocycles. The lowest BCUT2D eigenvalue weighted by Gasteiger charge is -2.27. The molecule has 96 valence electrons. The summed E-state index contributed by atoms with van der Waals surface area (Å²) in [5, 5.41) is 8.64. The maximum Gasteiger partial charge on any atom is 0.0814 e. The van der Waals surface area contributed by atoms with Crippen LogP contribution < -0.4 is 5.32 Å². The molecular formula is C13H22ClN3. The first-order chi connectivity index (χ1) is 8.16. The second-order valence-corrected chi connectivity index (χ2v) is 5.62. The Bertz CT molecular complexity index is 354. The Hall–Kier alpha value is -0.540. The Morgan fingerprint density at radius 3 is 2.71 bits per heavy atom. The molecule has 0 spiro atoms. The van der Waals surface area contributed by atoms with Gasteiger partial charge in [-0.25, -0.2) is 0 Å². The lowest BCUT2D eigenvalue weighted by atomic mass is 9.87. The third kappa shape index (κ3) is 3.46. The number of halogens is 1. The fraction of sp³-hybridized carbons (Fsp3) is 0.769. The molecule has 1 aromatic rings. The second kappa shape index (κ2) is 5.87. The molecule has 4 heteroatoms. The van der Waals surface area contributed by atoms with E-state index in [1.54, 1.807) is 6.20 Å². The van der Waals surface area contributed by atoms with E-state index < -0.39 is 0 Å². The van der Waals surface area contributed by atoms with Crippen LogP contribution in [0.15, 0.2) is 6.20 Å². The topological polar surface area (TPSA) is 29.9 Å². The van der Waals surface area contributed by atoms with Crippen LogP contribution in [0.3, 0.4) is 0 Å². The molecule has 0 bridgehead atoms. The molecule has 1 fully saturated rings. The molecule has 1 aliphatic rings. The van der Waals surface area contributed by atoms with Crippen LogP contribution in [0.1, 0.15) is 38.3 Å². The zero-order valence-electron chi connectivity index (χ0n) is 10.7. The average Bonchev–Trinajstić information content (AvgIpc) is 2.64. The highest BCUT2D eigenvalue weighted by Gasteiger charge is 2.17. The molecule has 0 amide bonds. The van der Waals surface area contributed by atoms with Gasteiger partial charge >= 0.3 is 0 Å². The van der Waals surface area contributed by atoms with Crippen LogP contribution in [0.4, 0.5) is 0 Å². The zero-order chi connectivity index (χ0) is 12.3. The van der Waals surface area contributed by atoms with E-state index in [-0.39, 0.29) is 0 Å². The fourth-order valence-corrected chi connectivity index (χ4v) is 2.63.